The second-order valence-corrected chi connectivity index (χ2v) is 7.61. The maximum atomic E-state index is 12.8. The molecule has 0 N–H and O–H groups in total. The van der Waals surface area contributed by atoms with E-state index in [0.29, 0.717) is 5.91 Å². The van der Waals surface area contributed by atoms with Gasteiger partial charge in [-0.05, 0) is 49.9 Å². The average molecular weight is 314 g/mol. The van der Waals surface area contributed by atoms with E-state index in [2.05, 4.69) is 41.0 Å². The van der Waals surface area contributed by atoms with Gasteiger partial charge in [-0.3, -0.25) is 9.69 Å². The molecule has 2 heterocycles. The lowest BCUT2D eigenvalue weighted by Gasteiger charge is -2.41. The highest BCUT2D eigenvalue weighted by Gasteiger charge is 2.44. The number of rotatable bonds is 3. The van der Waals surface area contributed by atoms with Gasteiger partial charge in [-0.1, -0.05) is 45.0 Å². The molecule has 2 aliphatic rings. The Labute approximate surface area is 140 Å². The summed E-state index contributed by atoms with van der Waals surface area (Å²) in [5.74, 6) is 0.364. The lowest BCUT2D eigenvalue weighted by atomic mass is 9.87. The Morgan fingerprint density at radius 1 is 1.26 bits per heavy atom. The van der Waals surface area contributed by atoms with Gasteiger partial charge >= 0.3 is 0 Å². The number of nitrogens with zero attached hydrogens (tertiary/aromatic N) is 2. The van der Waals surface area contributed by atoms with Crippen molar-refractivity contribution >= 4 is 5.91 Å². The highest BCUT2D eigenvalue weighted by Crippen LogP contribution is 2.37. The summed E-state index contributed by atoms with van der Waals surface area (Å²) in [5, 5.41) is 0. The third-order valence-corrected chi connectivity index (χ3v) is 5.52. The van der Waals surface area contributed by atoms with E-state index in [0.717, 1.165) is 26.1 Å². The molecule has 1 fully saturated rings. The predicted molar refractivity (Wildman–Crippen MR) is 94.2 cm³/mol. The summed E-state index contributed by atoms with van der Waals surface area (Å²) in [6.45, 7) is 10.3. The molecule has 3 rings (SSSR count). The molecule has 3 heteroatoms. The zero-order valence-corrected chi connectivity index (χ0v) is 14.8. The monoisotopic (exact) mass is 314 g/mol. The number of amides is 1. The molecule has 0 aliphatic carbocycles. The topological polar surface area (TPSA) is 23.6 Å². The number of benzene rings is 1. The molecule has 1 aromatic carbocycles. The Hall–Kier alpha value is -1.35. The minimum absolute atomic E-state index is 0.0679. The first-order valence-corrected chi connectivity index (χ1v) is 9.16. The molecule has 1 atom stereocenters. The number of carbonyl (C=O) groups excluding carboxylic acids is 1. The molecule has 2 aliphatic heterocycles. The Bertz CT molecular complexity index is 569. The first kappa shape index (κ1) is 16.5. The molecule has 1 unspecified atom stereocenters. The molecule has 0 aromatic heterocycles. The highest BCUT2D eigenvalue weighted by molar-refractivity contribution is 5.78. The van der Waals surface area contributed by atoms with Crippen LogP contribution in [0.5, 0.6) is 0 Å². The summed E-state index contributed by atoms with van der Waals surface area (Å²) in [6.07, 6.45) is 4.74. The number of hydrogen-bond donors (Lipinski definition) is 0. The van der Waals surface area contributed by atoms with Crippen LogP contribution in [0.2, 0.25) is 0 Å². The van der Waals surface area contributed by atoms with Gasteiger partial charge in [-0.25, -0.2) is 0 Å². The van der Waals surface area contributed by atoms with E-state index < -0.39 is 0 Å². The first-order chi connectivity index (χ1) is 11.1. The molecular weight excluding hydrogens is 284 g/mol. The van der Waals surface area contributed by atoms with Gasteiger partial charge in [0.25, 0.3) is 0 Å². The van der Waals surface area contributed by atoms with Crippen molar-refractivity contribution in [2.75, 3.05) is 19.6 Å². The summed E-state index contributed by atoms with van der Waals surface area (Å²) in [5.41, 5.74) is 2.92. The molecule has 3 nitrogen and oxygen atoms in total. The molecule has 126 valence electrons. The third-order valence-electron chi connectivity index (χ3n) is 5.52. The van der Waals surface area contributed by atoms with E-state index in [1.54, 1.807) is 0 Å². The van der Waals surface area contributed by atoms with Gasteiger partial charge < -0.3 is 4.90 Å². The summed E-state index contributed by atoms with van der Waals surface area (Å²) < 4.78 is 0. The maximum absolute atomic E-state index is 12.8. The Morgan fingerprint density at radius 2 is 2.00 bits per heavy atom. The molecule has 1 saturated heterocycles. The van der Waals surface area contributed by atoms with Crippen LogP contribution in [-0.4, -0.2) is 40.9 Å². The van der Waals surface area contributed by atoms with Crippen LogP contribution >= 0.6 is 0 Å². The summed E-state index contributed by atoms with van der Waals surface area (Å²) >= 11 is 0. The van der Waals surface area contributed by atoms with Crippen molar-refractivity contribution in [3.05, 3.63) is 35.4 Å². The van der Waals surface area contributed by atoms with Crippen LogP contribution in [-0.2, 0) is 17.8 Å². The van der Waals surface area contributed by atoms with Crippen LogP contribution in [0.3, 0.4) is 0 Å². The van der Waals surface area contributed by atoms with Crippen molar-refractivity contribution < 1.29 is 4.79 Å². The zero-order chi connectivity index (χ0) is 16.4. The minimum Gasteiger partial charge on any atom is -0.336 e. The second kappa shape index (κ2) is 6.64. The van der Waals surface area contributed by atoms with Gasteiger partial charge in [0.15, 0.2) is 0 Å². The van der Waals surface area contributed by atoms with Gasteiger partial charge in [0.2, 0.25) is 5.91 Å². The van der Waals surface area contributed by atoms with Crippen LogP contribution in [0.15, 0.2) is 24.3 Å². The molecule has 1 spiro atoms. The van der Waals surface area contributed by atoms with Crippen LogP contribution in [0.1, 0.15) is 51.2 Å². The quantitative estimate of drug-likeness (QED) is 0.853. The summed E-state index contributed by atoms with van der Waals surface area (Å²) in [4.78, 5) is 17.6. The molecule has 1 aromatic rings. The number of carbonyl (C=O) groups is 1. The fourth-order valence-corrected chi connectivity index (χ4v) is 4.42. The first-order valence-electron chi connectivity index (χ1n) is 9.16. The molecule has 0 radical (unpaired) electrons. The second-order valence-electron chi connectivity index (χ2n) is 7.61. The molecule has 0 bridgehead atoms. The summed E-state index contributed by atoms with van der Waals surface area (Å²) in [7, 11) is 0. The lowest BCUT2D eigenvalue weighted by molar-refractivity contribution is -0.136. The minimum atomic E-state index is 0.0679. The smallest absolute Gasteiger partial charge is 0.225 e. The van der Waals surface area contributed by atoms with Gasteiger partial charge in [0, 0.05) is 24.5 Å². The SMILES string of the molecule is CCCN1CCCC12Cc1ccccc1CN(C(=O)C(C)C)C2. The van der Waals surface area contributed by atoms with Crippen LogP contribution < -0.4 is 0 Å². The van der Waals surface area contributed by atoms with E-state index in [4.69, 9.17) is 0 Å². The number of fused-ring (bicyclic) bond motifs is 1. The van der Waals surface area contributed by atoms with E-state index >= 15 is 0 Å². The van der Waals surface area contributed by atoms with Crippen molar-refractivity contribution in [3.8, 4) is 0 Å². The Kier molecular flexibility index (Phi) is 4.77. The Morgan fingerprint density at radius 3 is 2.70 bits per heavy atom. The average Bonchev–Trinajstić information content (AvgIpc) is 2.81. The van der Waals surface area contributed by atoms with E-state index in [9.17, 15) is 4.79 Å². The molecular formula is C20H30N2O. The summed E-state index contributed by atoms with van der Waals surface area (Å²) in [6, 6.07) is 8.72. The van der Waals surface area contributed by atoms with Crippen LogP contribution in [0.25, 0.3) is 0 Å². The van der Waals surface area contributed by atoms with Crippen molar-refractivity contribution in [3.63, 3.8) is 0 Å². The van der Waals surface area contributed by atoms with Crippen molar-refractivity contribution in [1.29, 1.82) is 0 Å². The van der Waals surface area contributed by atoms with Crippen LogP contribution in [0.4, 0.5) is 0 Å². The maximum Gasteiger partial charge on any atom is 0.225 e. The number of likely N-dealkylation sites (tertiary alicyclic amines) is 1. The molecule has 0 saturated carbocycles. The van der Waals surface area contributed by atoms with Gasteiger partial charge in [-0.2, -0.15) is 0 Å². The number of hydrogen-bond acceptors (Lipinski definition) is 2. The van der Waals surface area contributed by atoms with E-state index in [1.807, 2.05) is 13.8 Å². The standard InChI is InChI=1S/C20H30N2O/c1-4-11-22-12-7-10-20(22)13-17-8-5-6-9-18(17)14-21(15-20)19(23)16(2)3/h5-6,8-9,16H,4,7,10-15H2,1-3H3. The van der Waals surface area contributed by atoms with Crippen molar-refractivity contribution in [2.24, 2.45) is 5.92 Å². The largest absolute Gasteiger partial charge is 0.336 e. The van der Waals surface area contributed by atoms with Gasteiger partial charge in [0.1, 0.15) is 0 Å². The third kappa shape index (κ3) is 3.16. The fraction of sp³-hybridized carbons (Fsp3) is 0.650. The Balaban J connectivity index is 1.98. The van der Waals surface area contributed by atoms with Crippen molar-refractivity contribution in [2.45, 2.75) is 58.5 Å². The predicted octanol–water partition coefficient (Wildman–Crippen LogP) is 3.47. The lowest BCUT2D eigenvalue weighted by Crippen LogP contribution is -2.54. The molecule has 23 heavy (non-hydrogen) atoms. The molecule has 1 amide bonds. The van der Waals surface area contributed by atoms with Crippen LogP contribution in [0, 0.1) is 5.92 Å². The fourth-order valence-electron chi connectivity index (χ4n) is 4.42. The highest BCUT2D eigenvalue weighted by atomic mass is 16.2. The van der Waals surface area contributed by atoms with Crippen molar-refractivity contribution in [1.82, 2.24) is 9.80 Å². The van der Waals surface area contributed by atoms with Gasteiger partial charge in [-0.15, -0.1) is 0 Å². The zero-order valence-electron chi connectivity index (χ0n) is 14.8. The van der Waals surface area contributed by atoms with E-state index in [1.165, 1.54) is 36.9 Å². The van der Waals surface area contributed by atoms with Gasteiger partial charge in [0.05, 0.1) is 0 Å². The van der Waals surface area contributed by atoms with E-state index in [-0.39, 0.29) is 11.5 Å². The normalized spacial score (nSPS) is 25.0.